The molecule has 0 spiro atoms. The lowest BCUT2D eigenvalue weighted by Gasteiger charge is -1.96. The van der Waals surface area contributed by atoms with Gasteiger partial charge in [0.15, 0.2) is 0 Å². The monoisotopic (exact) mass is 139 g/mol. The number of hydrogen-bond acceptors (Lipinski definition) is 1. The molecule has 0 saturated heterocycles. The second-order valence-corrected chi connectivity index (χ2v) is 2.05. The van der Waals surface area contributed by atoms with Crippen molar-refractivity contribution in [3.63, 3.8) is 0 Å². The molecular weight excluding hydrogens is 126 g/mol. The quantitative estimate of drug-likeness (QED) is 0.427. The van der Waals surface area contributed by atoms with Gasteiger partial charge in [-0.3, -0.25) is 4.99 Å². The van der Waals surface area contributed by atoms with E-state index in [1.165, 1.54) is 0 Å². The van der Waals surface area contributed by atoms with Crippen molar-refractivity contribution >= 4 is 11.7 Å². The fraction of sp³-hybridized carbons (Fsp3) is 0.429. The highest BCUT2D eigenvalue weighted by Gasteiger charge is 1.91. The number of nitrogens with zero attached hydrogens (tertiary/aromatic N) is 2. The lowest BCUT2D eigenvalue weighted by atomic mass is 10.3. The van der Waals surface area contributed by atoms with Crippen LogP contribution in [0.25, 0.3) is 0 Å². The number of nitrogens with two attached hydrogens (primary N) is 1. The molecule has 3 heteroatoms. The molecule has 0 aromatic heterocycles. The summed E-state index contributed by atoms with van der Waals surface area (Å²) >= 11 is 0. The Kier molecular flexibility index (Phi) is 3.39. The van der Waals surface area contributed by atoms with Crippen LogP contribution in [0, 0.1) is 0 Å². The highest BCUT2D eigenvalue weighted by atomic mass is 14.9. The van der Waals surface area contributed by atoms with Crippen LogP contribution in [0.5, 0.6) is 0 Å². The van der Waals surface area contributed by atoms with Crippen molar-refractivity contribution in [1.29, 1.82) is 0 Å². The Labute approximate surface area is 61.4 Å². The van der Waals surface area contributed by atoms with Crippen molar-refractivity contribution in [2.75, 3.05) is 7.05 Å². The summed E-state index contributed by atoms with van der Waals surface area (Å²) in [5.41, 5.74) is 6.23. The van der Waals surface area contributed by atoms with E-state index >= 15 is 0 Å². The van der Waals surface area contributed by atoms with Crippen molar-refractivity contribution in [3.05, 3.63) is 12.2 Å². The molecule has 0 fully saturated rings. The van der Waals surface area contributed by atoms with Crippen molar-refractivity contribution in [3.8, 4) is 0 Å². The highest BCUT2D eigenvalue weighted by molar-refractivity contribution is 6.03. The number of aliphatic imine (C=N–C) groups is 2. The van der Waals surface area contributed by atoms with Crippen molar-refractivity contribution < 1.29 is 0 Å². The third kappa shape index (κ3) is 3.02. The van der Waals surface area contributed by atoms with Crippen LogP contribution in [0.3, 0.4) is 0 Å². The van der Waals surface area contributed by atoms with Crippen LogP contribution in [0.2, 0.25) is 0 Å². The van der Waals surface area contributed by atoms with E-state index in [0.717, 1.165) is 5.57 Å². The average molecular weight is 139 g/mol. The van der Waals surface area contributed by atoms with Crippen LogP contribution in [-0.2, 0) is 0 Å². The van der Waals surface area contributed by atoms with E-state index in [1.54, 1.807) is 14.0 Å². The summed E-state index contributed by atoms with van der Waals surface area (Å²) in [6.07, 6.45) is 0. The predicted molar refractivity (Wildman–Crippen MR) is 45.5 cm³/mol. The molecule has 10 heavy (non-hydrogen) atoms. The first-order chi connectivity index (χ1) is 4.57. The predicted octanol–water partition coefficient (Wildman–Crippen LogP) is 0.968. The lowest BCUT2D eigenvalue weighted by Crippen LogP contribution is -2.13. The van der Waals surface area contributed by atoms with Crippen molar-refractivity contribution in [2.24, 2.45) is 15.7 Å². The van der Waals surface area contributed by atoms with Crippen LogP contribution in [0.1, 0.15) is 13.8 Å². The largest absolute Gasteiger partial charge is 0.383 e. The van der Waals surface area contributed by atoms with E-state index in [-0.39, 0.29) is 0 Å². The van der Waals surface area contributed by atoms with Gasteiger partial charge < -0.3 is 5.73 Å². The second-order valence-electron chi connectivity index (χ2n) is 2.05. The van der Waals surface area contributed by atoms with Crippen LogP contribution in [-0.4, -0.2) is 18.7 Å². The van der Waals surface area contributed by atoms with Gasteiger partial charge in [-0.2, -0.15) is 0 Å². The average Bonchev–Trinajstić information content (AvgIpc) is 1.87. The normalized spacial score (nSPS) is 13.5. The SMILES string of the molecule is C=C(C)/C(N)=N\C(C)=N/C. The van der Waals surface area contributed by atoms with E-state index in [0.29, 0.717) is 11.7 Å². The minimum atomic E-state index is 0.447. The molecule has 0 aromatic rings. The van der Waals surface area contributed by atoms with Crippen molar-refractivity contribution in [2.45, 2.75) is 13.8 Å². The molecule has 0 bridgehead atoms. The van der Waals surface area contributed by atoms with Gasteiger partial charge in [-0.25, -0.2) is 4.99 Å². The molecule has 0 unspecified atom stereocenters. The summed E-state index contributed by atoms with van der Waals surface area (Å²) in [6.45, 7) is 7.23. The molecule has 0 aromatic carbocycles. The summed E-state index contributed by atoms with van der Waals surface area (Å²) in [7, 11) is 1.67. The summed E-state index contributed by atoms with van der Waals surface area (Å²) in [5.74, 6) is 1.11. The first-order valence-corrected chi connectivity index (χ1v) is 3.01. The molecule has 0 atom stereocenters. The van der Waals surface area contributed by atoms with Gasteiger partial charge in [-0.15, -0.1) is 0 Å². The van der Waals surface area contributed by atoms with Gasteiger partial charge in [0.05, 0.1) is 0 Å². The molecule has 0 rings (SSSR count). The van der Waals surface area contributed by atoms with Gasteiger partial charge in [0.1, 0.15) is 11.7 Å². The highest BCUT2D eigenvalue weighted by Crippen LogP contribution is 1.87. The first-order valence-electron chi connectivity index (χ1n) is 3.01. The van der Waals surface area contributed by atoms with Gasteiger partial charge in [0.25, 0.3) is 0 Å². The Balaban J connectivity index is 4.31. The molecule has 0 saturated carbocycles. The minimum Gasteiger partial charge on any atom is -0.383 e. The maximum absolute atomic E-state index is 5.46. The minimum absolute atomic E-state index is 0.447. The zero-order valence-corrected chi connectivity index (χ0v) is 6.68. The van der Waals surface area contributed by atoms with Gasteiger partial charge in [-0.05, 0) is 19.4 Å². The molecule has 0 heterocycles. The fourth-order valence-corrected chi connectivity index (χ4v) is 0.320. The maximum atomic E-state index is 5.46. The molecule has 56 valence electrons. The smallest absolute Gasteiger partial charge is 0.127 e. The van der Waals surface area contributed by atoms with E-state index in [4.69, 9.17) is 5.73 Å². The fourth-order valence-electron chi connectivity index (χ4n) is 0.320. The second kappa shape index (κ2) is 3.82. The van der Waals surface area contributed by atoms with E-state index in [1.807, 2.05) is 6.92 Å². The van der Waals surface area contributed by atoms with Crippen LogP contribution in [0.15, 0.2) is 22.1 Å². The molecule has 0 amide bonds. The summed E-state index contributed by atoms with van der Waals surface area (Å²) in [4.78, 5) is 7.76. The van der Waals surface area contributed by atoms with Crippen molar-refractivity contribution in [1.82, 2.24) is 0 Å². The topological polar surface area (TPSA) is 50.7 Å². The van der Waals surface area contributed by atoms with E-state index < -0.39 is 0 Å². The standard InChI is InChI=1S/C7H13N3/c1-5(2)7(8)10-6(3)9-4/h1H2,2-4H3,(H2,8,9,10). The summed E-state index contributed by atoms with van der Waals surface area (Å²) < 4.78 is 0. The molecule has 0 aliphatic rings. The van der Waals surface area contributed by atoms with Gasteiger partial charge >= 0.3 is 0 Å². The molecule has 0 aliphatic heterocycles. The summed E-state index contributed by atoms with van der Waals surface area (Å²) in [5, 5.41) is 0. The Morgan fingerprint density at radius 1 is 1.40 bits per heavy atom. The molecule has 3 nitrogen and oxygen atoms in total. The maximum Gasteiger partial charge on any atom is 0.127 e. The first kappa shape index (κ1) is 8.88. The Morgan fingerprint density at radius 2 is 1.90 bits per heavy atom. The molecule has 2 N–H and O–H groups in total. The number of amidine groups is 2. The van der Waals surface area contributed by atoms with Crippen LogP contribution in [0.4, 0.5) is 0 Å². The zero-order valence-electron chi connectivity index (χ0n) is 6.68. The van der Waals surface area contributed by atoms with Crippen LogP contribution >= 0.6 is 0 Å². The third-order valence-corrected chi connectivity index (χ3v) is 1.04. The van der Waals surface area contributed by atoms with Gasteiger partial charge in [-0.1, -0.05) is 6.58 Å². The Morgan fingerprint density at radius 3 is 2.20 bits per heavy atom. The lowest BCUT2D eigenvalue weighted by molar-refractivity contribution is 1.36. The van der Waals surface area contributed by atoms with E-state index in [2.05, 4.69) is 16.6 Å². The van der Waals surface area contributed by atoms with E-state index in [9.17, 15) is 0 Å². The van der Waals surface area contributed by atoms with Crippen LogP contribution < -0.4 is 5.73 Å². The molecule has 0 radical (unpaired) electrons. The van der Waals surface area contributed by atoms with Gasteiger partial charge in [0.2, 0.25) is 0 Å². The number of hydrogen-bond donors (Lipinski definition) is 1. The summed E-state index contributed by atoms with van der Waals surface area (Å²) in [6, 6.07) is 0. The molecular formula is C7H13N3. The number of rotatable bonds is 1. The molecule has 0 aliphatic carbocycles. The zero-order chi connectivity index (χ0) is 8.15. The third-order valence-electron chi connectivity index (χ3n) is 1.04. The Bertz CT molecular complexity index is 189. The van der Waals surface area contributed by atoms with Gasteiger partial charge in [0, 0.05) is 7.05 Å². The Hall–Kier alpha value is -1.12.